The molecule has 0 spiro atoms. The molecule has 0 aliphatic carbocycles. The van der Waals surface area contributed by atoms with Crippen LogP contribution in [0, 0.1) is 7.14 Å². The van der Waals surface area contributed by atoms with E-state index in [1.54, 1.807) is 14.0 Å². The molecule has 0 saturated heterocycles. The fourth-order valence-electron chi connectivity index (χ4n) is 1.69. The Kier molecular flexibility index (Phi) is 8.62. The van der Waals surface area contributed by atoms with Crippen LogP contribution in [0.15, 0.2) is 53.7 Å². The lowest BCUT2D eigenvalue weighted by atomic mass is 10.1. The highest BCUT2D eigenvalue weighted by Crippen LogP contribution is 2.12. The highest BCUT2D eigenvalue weighted by atomic mass is 127. The van der Waals surface area contributed by atoms with Crippen molar-refractivity contribution < 1.29 is 9.63 Å². The smallest absolute Gasteiger partial charge is 0.160 e. The fourth-order valence-corrected chi connectivity index (χ4v) is 3.23. The minimum absolute atomic E-state index is 0.130. The van der Waals surface area contributed by atoms with Crippen LogP contribution in [0.5, 0.6) is 0 Å². The van der Waals surface area contributed by atoms with Crippen LogP contribution in [0.1, 0.15) is 29.8 Å². The molecule has 116 valence electrons. The third-order valence-corrected chi connectivity index (χ3v) is 4.63. The summed E-state index contributed by atoms with van der Waals surface area (Å²) in [7, 11) is 1.55. The Bertz CT molecular complexity index is 669. The molecule has 0 aliphatic heterocycles. The van der Waals surface area contributed by atoms with Crippen molar-refractivity contribution in [2.45, 2.75) is 13.8 Å². The van der Waals surface area contributed by atoms with E-state index >= 15 is 0 Å². The van der Waals surface area contributed by atoms with Crippen LogP contribution in [0.4, 0.5) is 0 Å². The predicted octanol–water partition coefficient (Wildman–Crippen LogP) is 5.16. The molecule has 0 atom stereocenters. The second-order valence-electron chi connectivity index (χ2n) is 4.38. The molecule has 0 amide bonds. The number of carbonyl (C=O) groups excluding carboxylic acids is 1. The van der Waals surface area contributed by atoms with Gasteiger partial charge < -0.3 is 4.84 Å². The first-order chi connectivity index (χ1) is 10.5. The molecule has 0 aromatic heterocycles. The summed E-state index contributed by atoms with van der Waals surface area (Å²) in [5, 5.41) is 3.87. The van der Waals surface area contributed by atoms with Crippen LogP contribution in [0.25, 0.3) is 0 Å². The van der Waals surface area contributed by atoms with Crippen molar-refractivity contribution in [3.63, 3.8) is 0 Å². The molecule has 3 nitrogen and oxygen atoms in total. The molecular formula is C17H17I2NO2. The average molecular weight is 521 g/mol. The predicted molar refractivity (Wildman–Crippen MR) is 108 cm³/mol. The van der Waals surface area contributed by atoms with Crippen LogP contribution in [-0.4, -0.2) is 18.6 Å². The maximum Gasteiger partial charge on any atom is 0.160 e. The van der Waals surface area contributed by atoms with E-state index in [0.717, 1.165) is 20.4 Å². The van der Waals surface area contributed by atoms with E-state index < -0.39 is 0 Å². The number of halogens is 2. The second kappa shape index (κ2) is 9.94. The van der Waals surface area contributed by atoms with Crippen molar-refractivity contribution >= 4 is 56.7 Å². The Morgan fingerprint density at radius 3 is 1.73 bits per heavy atom. The number of carbonyl (C=O) groups is 1. The van der Waals surface area contributed by atoms with Crippen molar-refractivity contribution in [3.8, 4) is 0 Å². The minimum atomic E-state index is 0.130. The number of nitrogens with zero attached hydrogens (tertiary/aromatic N) is 1. The van der Waals surface area contributed by atoms with E-state index in [0.29, 0.717) is 0 Å². The molecule has 0 unspecified atom stereocenters. The highest BCUT2D eigenvalue weighted by molar-refractivity contribution is 14.1. The Hall–Kier alpha value is -0.960. The maximum absolute atomic E-state index is 10.9. The third kappa shape index (κ3) is 6.04. The SMILES string of the molecule is CC(=O)c1ccccc1I.CON=C(C)c1ccccc1I. The Labute approximate surface area is 158 Å². The van der Waals surface area contributed by atoms with E-state index in [2.05, 4.69) is 50.3 Å². The van der Waals surface area contributed by atoms with Crippen molar-refractivity contribution in [1.82, 2.24) is 0 Å². The van der Waals surface area contributed by atoms with E-state index in [1.807, 2.05) is 55.5 Å². The number of rotatable bonds is 3. The molecular weight excluding hydrogens is 504 g/mol. The number of benzene rings is 2. The van der Waals surface area contributed by atoms with Gasteiger partial charge in [-0.05, 0) is 71.2 Å². The quantitative estimate of drug-likeness (QED) is 0.243. The van der Waals surface area contributed by atoms with Gasteiger partial charge in [-0.1, -0.05) is 41.6 Å². The first kappa shape index (κ1) is 19.1. The van der Waals surface area contributed by atoms with Crippen LogP contribution in [-0.2, 0) is 4.84 Å². The van der Waals surface area contributed by atoms with Gasteiger partial charge in [-0.2, -0.15) is 0 Å². The number of ketones is 1. The second-order valence-corrected chi connectivity index (χ2v) is 6.70. The van der Waals surface area contributed by atoms with Gasteiger partial charge in [0.25, 0.3) is 0 Å². The van der Waals surface area contributed by atoms with Crippen LogP contribution < -0.4 is 0 Å². The van der Waals surface area contributed by atoms with E-state index in [4.69, 9.17) is 4.84 Å². The summed E-state index contributed by atoms with van der Waals surface area (Å²) in [5.41, 5.74) is 2.84. The summed E-state index contributed by atoms with van der Waals surface area (Å²) in [6.45, 7) is 3.51. The summed E-state index contributed by atoms with van der Waals surface area (Å²) < 4.78 is 2.21. The monoisotopic (exact) mass is 521 g/mol. The molecule has 22 heavy (non-hydrogen) atoms. The molecule has 0 saturated carbocycles. The van der Waals surface area contributed by atoms with Gasteiger partial charge in [0.1, 0.15) is 7.11 Å². The van der Waals surface area contributed by atoms with E-state index in [1.165, 1.54) is 3.57 Å². The number of Topliss-reactive ketones (excluding diaryl/α,β-unsaturated/α-hetero) is 1. The fraction of sp³-hybridized carbons (Fsp3) is 0.176. The summed E-state index contributed by atoms with van der Waals surface area (Å²) in [5.74, 6) is 0.130. The normalized spacial score (nSPS) is 10.5. The zero-order valence-electron chi connectivity index (χ0n) is 12.6. The first-order valence-electron chi connectivity index (χ1n) is 6.55. The summed E-state index contributed by atoms with van der Waals surface area (Å²) in [6, 6.07) is 15.6. The largest absolute Gasteiger partial charge is 0.399 e. The van der Waals surface area contributed by atoms with Crippen molar-refractivity contribution in [2.24, 2.45) is 5.16 Å². The Balaban J connectivity index is 0.000000224. The molecule has 2 aromatic carbocycles. The zero-order valence-corrected chi connectivity index (χ0v) is 17.0. The van der Waals surface area contributed by atoms with Gasteiger partial charge in [0.05, 0.1) is 5.71 Å². The molecule has 0 fully saturated rings. The molecule has 0 aliphatic rings. The van der Waals surface area contributed by atoms with Gasteiger partial charge in [0.15, 0.2) is 5.78 Å². The zero-order chi connectivity index (χ0) is 16.5. The molecule has 0 radical (unpaired) electrons. The summed E-state index contributed by atoms with van der Waals surface area (Å²) in [4.78, 5) is 15.6. The number of hydrogen-bond acceptors (Lipinski definition) is 3. The van der Waals surface area contributed by atoms with Gasteiger partial charge >= 0.3 is 0 Å². The number of oxime groups is 1. The van der Waals surface area contributed by atoms with Crippen molar-refractivity contribution in [2.75, 3.05) is 7.11 Å². The van der Waals surface area contributed by atoms with Gasteiger partial charge in [-0.3, -0.25) is 4.79 Å². The summed E-state index contributed by atoms with van der Waals surface area (Å²) in [6.07, 6.45) is 0. The van der Waals surface area contributed by atoms with Gasteiger partial charge in [0, 0.05) is 18.3 Å². The molecule has 2 rings (SSSR count). The Morgan fingerprint density at radius 2 is 1.36 bits per heavy atom. The third-order valence-electron chi connectivity index (χ3n) is 2.75. The van der Waals surface area contributed by atoms with Crippen LogP contribution >= 0.6 is 45.2 Å². The lowest BCUT2D eigenvalue weighted by molar-refractivity contribution is 0.101. The van der Waals surface area contributed by atoms with Crippen LogP contribution in [0.3, 0.4) is 0 Å². The standard InChI is InChI=1S/C9H10INO.C8H7IO/c1-7(11-12-2)8-5-3-4-6-9(8)10;1-6(10)7-4-2-3-5-8(7)9/h3-6H,1-2H3;2-5H,1H3. The van der Waals surface area contributed by atoms with E-state index in [9.17, 15) is 4.79 Å². The topological polar surface area (TPSA) is 38.7 Å². The van der Waals surface area contributed by atoms with Gasteiger partial charge in [0.2, 0.25) is 0 Å². The van der Waals surface area contributed by atoms with Gasteiger partial charge in [-0.25, -0.2) is 0 Å². The highest BCUT2D eigenvalue weighted by Gasteiger charge is 2.01. The van der Waals surface area contributed by atoms with Gasteiger partial charge in [-0.15, -0.1) is 0 Å². The molecule has 5 heteroatoms. The molecule has 0 heterocycles. The minimum Gasteiger partial charge on any atom is -0.399 e. The summed E-state index contributed by atoms with van der Waals surface area (Å²) >= 11 is 4.43. The molecule has 0 bridgehead atoms. The molecule has 2 aromatic rings. The maximum atomic E-state index is 10.9. The molecule has 0 N–H and O–H groups in total. The lowest BCUT2D eigenvalue weighted by Crippen LogP contribution is -1.97. The first-order valence-corrected chi connectivity index (χ1v) is 8.71. The van der Waals surface area contributed by atoms with E-state index in [-0.39, 0.29) is 5.78 Å². The van der Waals surface area contributed by atoms with Crippen molar-refractivity contribution in [1.29, 1.82) is 0 Å². The van der Waals surface area contributed by atoms with Crippen molar-refractivity contribution in [3.05, 3.63) is 66.8 Å². The average Bonchev–Trinajstić information content (AvgIpc) is 2.48. The number of hydrogen-bond donors (Lipinski definition) is 0. The Morgan fingerprint density at radius 1 is 0.909 bits per heavy atom. The van der Waals surface area contributed by atoms with Crippen LogP contribution in [0.2, 0.25) is 0 Å². The lowest BCUT2D eigenvalue weighted by Gasteiger charge is -2.01.